The zero-order chi connectivity index (χ0) is 12.7. The maximum atomic E-state index is 5.95. The zero-order valence-electron chi connectivity index (χ0n) is 12.2. The lowest BCUT2D eigenvalue weighted by molar-refractivity contribution is 0.153. The van der Waals surface area contributed by atoms with Crippen LogP contribution in [0.1, 0.15) is 58.8 Å². The molecule has 0 amide bonds. The van der Waals surface area contributed by atoms with Gasteiger partial charge in [-0.1, -0.05) is 39.5 Å². The molecule has 0 aromatic carbocycles. The molecule has 102 valence electrons. The van der Waals surface area contributed by atoms with Crippen LogP contribution in [0.5, 0.6) is 0 Å². The summed E-state index contributed by atoms with van der Waals surface area (Å²) in [5.41, 5.74) is 6.27. The predicted molar refractivity (Wildman–Crippen MR) is 76.1 cm³/mol. The Bertz CT molecular complexity index is 199. The average Bonchev–Trinajstić information content (AvgIpc) is 2.30. The largest absolute Gasteiger partial charge is 0.330 e. The Morgan fingerprint density at radius 2 is 1.88 bits per heavy atom. The third-order valence-corrected chi connectivity index (χ3v) is 4.29. The molecule has 0 aliphatic heterocycles. The van der Waals surface area contributed by atoms with E-state index in [1.807, 2.05) is 0 Å². The molecule has 2 nitrogen and oxygen atoms in total. The SMILES string of the molecule is CCCC(C)(CN)CN(C)CC1CCCCC1. The van der Waals surface area contributed by atoms with E-state index in [-0.39, 0.29) is 0 Å². The lowest BCUT2D eigenvalue weighted by atomic mass is 9.84. The molecule has 17 heavy (non-hydrogen) atoms. The highest BCUT2D eigenvalue weighted by Gasteiger charge is 2.24. The molecule has 1 aliphatic carbocycles. The molecule has 0 radical (unpaired) electrons. The van der Waals surface area contributed by atoms with Crippen LogP contribution in [-0.4, -0.2) is 31.6 Å². The van der Waals surface area contributed by atoms with E-state index in [2.05, 4.69) is 25.8 Å². The number of nitrogens with two attached hydrogens (primary N) is 1. The maximum absolute atomic E-state index is 5.95. The molecule has 0 aromatic heterocycles. The standard InChI is InChI=1S/C15H32N2/c1-4-10-15(2,12-16)13-17(3)11-14-8-6-5-7-9-14/h14H,4-13,16H2,1-3H3. The molecular weight excluding hydrogens is 208 g/mol. The number of hydrogen-bond donors (Lipinski definition) is 1. The van der Waals surface area contributed by atoms with Crippen LogP contribution in [0.2, 0.25) is 0 Å². The van der Waals surface area contributed by atoms with Crippen LogP contribution in [0, 0.1) is 11.3 Å². The number of rotatable bonds is 7. The molecule has 2 heteroatoms. The fourth-order valence-electron chi connectivity index (χ4n) is 3.38. The van der Waals surface area contributed by atoms with Gasteiger partial charge in [0.1, 0.15) is 0 Å². The first-order chi connectivity index (χ1) is 8.09. The molecule has 1 rings (SSSR count). The van der Waals surface area contributed by atoms with Gasteiger partial charge in [0.2, 0.25) is 0 Å². The minimum atomic E-state index is 0.318. The molecule has 1 aliphatic rings. The first-order valence-electron chi connectivity index (χ1n) is 7.48. The molecular formula is C15H32N2. The van der Waals surface area contributed by atoms with Crippen molar-refractivity contribution in [3.8, 4) is 0 Å². The van der Waals surface area contributed by atoms with Gasteiger partial charge in [-0.2, -0.15) is 0 Å². The van der Waals surface area contributed by atoms with Crippen molar-refractivity contribution in [1.82, 2.24) is 4.90 Å². The van der Waals surface area contributed by atoms with E-state index in [1.165, 1.54) is 51.5 Å². The molecule has 0 heterocycles. The minimum absolute atomic E-state index is 0.318. The topological polar surface area (TPSA) is 29.3 Å². The first kappa shape index (κ1) is 15.0. The van der Waals surface area contributed by atoms with E-state index in [9.17, 15) is 0 Å². The molecule has 1 saturated carbocycles. The van der Waals surface area contributed by atoms with Crippen molar-refractivity contribution in [2.45, 2.75) is 58.8 Å². The van der Waals surface area contributed by atoms with Crippen LogP contribution in [0.15, 0.2) is 0 Å². The Kier molecular flexibility index (Phi) is 6.50. The molecule has 1 fully saturated rings. The fourth-order valence-corrected chi connectivity index (χ4v) is 3.38. The van der Waals surface area contributed by atoms with Gasteiger partial charge in [-0.15, -0.1) is 0 Å². The van der Waals surface area contributed by atoms with Gasteiger partial charge in [0.15, 0.2) is 0 Å². The monoisotopic (exact) mass is 240 g/mol. The van der Waals surface area contributed by atoms with Crippen LogP contribution >= 0.6 is 0 Å². The minimum Gasteiger partial charge on any atom is -0.330 e. The highest BCUT2D eigenvalue weighted by atomic mass is 15.1. The summed E-state index contributed by atoms with van der Waals surface area (Å²) < 4.78 is 0. The molecule has 0 aromatic rings. The van der Waals surface area contributed by atoms with E-state index < -0.39 is 0 Å². The van der Waals surface area contributed by atoms with Crippen molar-refractivity contribution < 1.29 is 0 Å². The van der Waals surface area contributed by atoms with Crippen LogP contribution in [-0.2, 0) is 0 Å². The molecule has 0 bridgehead atoms. The van der Waals surface area contributed by atoms with Crippen molar-refractivity contribution in [2.75, 3.05) is 26.7 Å². The zero-order valence-corrected chi connectivity index (χ0v) is 12.2. The van der Waals surface area contributed by atoms with Crippen molar-refractivity contribution in [1.29, 1.82) is 0 Å². The Morgan fingerprint density at radius 3 is 2.41 bits per heavy atom. The summed E-state index contributed by atoms with van der Waals surface area (Å²) in [6, 6.07) is 0. The van der Waals surface area contributed by atoms with Gasteiger partial charge in [-0.25, -0.2) is 0 Å². The van der Waals surface area contributed by atoms with Crippen molar-refractivity contribution >= 4 is 0 Å². The van der Waals surface area contributed by atoms with Crippen molar-refractivity contribution in [3.05, 3.63) is 0 Å². The Labute approximate surface area is 108 Å². The van der Waals surface area contributed by atoms with Crippen LogP contribution in [0.3, 0.4) is 0 Å². The Morgan fingerprint density at radius 1 is 1.24 bits per heavy atom. The first-order valence-corrected chi connectivity index (χ1v) is 7.48. The smallest absolute Gasteiger partial charge is 0.00445 e. The van der Waals surface area contributed by atoms with Gasteiger partial charge in [0.25, 0.3) is 0 Å². The third kappa shape index (κ3) is 5.39. The summed E-state index contributed by atoms with van der Waals surface area (Å²) in [5.74, 6) is 0.942. The number of hydrogen-bond acceptors (Lipinski definition) is 2. The second-order valence-corrected chi connectivity index (χ2v) is 6.47. The van der Waals surface area contributed by atoms with Crippen LogP contribution in [0.25, 0.3) is 0 Å². The number of nitrogens with zero attached hydrogens (tertiary/aromatic N) is 1. The summed E-state index contributed by atoms with van der Waals surface area (Å²) in [4.78, 5) is 2.53. The summed E-state index contributed by atoms with van der Waals surface area (Å²) in [7, 11) is 2.28. The van der Waals surface area contributed by atoms with E-state index in [0.29, 0.717) is 5.41 Å². The molecule has 1 atom stereocenters. The van der Waals surface area contributed by atoms with E-state index >= 15 is 0 Å². The summed E-state index contributed by atoms with van der Waals surface area (Å²) in [5, 5.41) is 0. The lowest BCUT2D eigenvalue weighted by Gasteiger charge is -2.35. The third-order valence-electron chi connectivity index (χ3n) is 4.29. The van der Waals surface area contributed by atoms with Gasteiger partial charge in [0.05, 0.1) is 0 Å². The van der Waals surface area contributed by atoms with E-state index in [4.69, 9.17) is 5.73 Å². The molecule has 1 unspecified atom stereocenters. The molecule has 0 saturated heterocycles. The normalized spacial score (nSPS) is 21.7. The summed E-state index contributed by atoms with van der Waals surface area (Å²) in [6.07, 6.45) is 9.72. The van der Waals surface area contributed by atoms with Gasteiger partial charge in [-0.05, 0) is 44.2 Å². The summed E-state index contributed by atoms with van der Waals surface area (Å²) in [6.45, 7) is 7.85. The quantitative estimate of drug-likeness (QED) is 0.740. The van der Waals surface area contributed by atoms with Crippen molar-refractivity contribution in [2.24, 2.45) is 17.1 Å². The van der Waals surface area contributed by atoms with Gasteiger partial charge < -0.3 is 10.6 Å². The highest BCUT2D eigenvalue weighted by molar-refractivity contribution is 4.79. The Hall–Kier alpha value is -0.0800. The highest BCUT2D eigenvalue weighted by Crippen LogP contribution is 2.27. The van der Waals surface area contributed by atoms with E-state index in [0.717, 1.165) is 19.0 Å². The average molecular weight is 240 g/mol. The fraction of sp³-hybridized carbons (Fsp3) is 1.00. The van der Waals surface area contributed by atoms with Gasteiger partial charge in [0, 0.05) is 13.1 Å². The lowest BCUT2D eigenvalue weighted by Crippen LogP contribution is -2.40. The predicted octanol–water partition coefficient (Wildman–Crippen LogP) is 3.26. The molecule has 2 N–H and O–H groups in total. The van der Waals surface area contributed by atoms with E-state index in [1.54, 1.807) is 0 Å². The molecule has 0 spiro atoms. The maximum Gasteiger partial charge on any atom is 0.00445 e. The second-order valence-electron chi connectivity index (χ2n) is 6.47. The van der Waals surface area contributed by atoms with Gasteiger partial charge in [-0.3, -0.25) is 0 Å². The van der Waals surface area contributed by atoms with Gasteiger partial charge >= 0.3 is 0 Å². The Balaban J connectivity index is 2.33. The summed E-state index contributed by atoms with van der Waals surface area (Å²) >= 11 is 0. The van der Waals surface area contributed by atoms with Crippen LogP contribution < -0.4 is 5.73 Å². The second kappa shape index (κ2) is 7.38. The van der Waals surface area contributed by atoms with Crippen molar-refractivity contribution in [3.63, 3.8) is 0 Å². The van der Waals surface area contributed by atoms with Crippen LogP contribution in [0.4, 0.5) is 0 Å².